The number of hydrogen-bond donors (Lipinski definition) is 1. The molecule has 3 nitrogen and oxygen atoms in total. The molecule has 0 saturated carbocycles. The number of thioether (sulfide) groups is 1. The van der Waals surface area contributed by atoms with Crippen molar-refractivity contribution in [1.82, 2.24) is 9.55 Å². The lowest BCUT2D eigenvalue weighted by Crippen LogP contribution is -2.13. The molecule has 0 atom stereocenters. The van der Waals surface area contributed by atoms with Crippen LogP contribution in [0.15, 0.2) is 35.4 Å². The Kier molecular flexibility index (Phi) is 3.97. The van der Waals surface area contributed by atoms with Crippen molar-refractivity contribution in [3.05, 3.63) is 36.2 Å². The van der Waals surface area contributed by atoms with Crippen LogP contribution in [0.4, 0.5) is 5.95 Å². The molecule has 0 spiro atoms. The van der Waals surface area contributed by atoms with Crippen molar-refractivity contribution < 1.29 is 0 Å². The van der Waals surface area contributed by atoms with Crippen LogP contribution < -0.4 is 5.32 Å². The Morgan fingerprint density at radius 3 is 2.44 bits per heavy atom. The van der Waals surface area contributed by atoms with Gasteiger partial charge in [-0.25, -0.2) is 4.98 Å². The van der Waals surface area contributed by atoms with Crippen LogP contribution in [-0.2, 0) is 0 Å². The number of aromatic nitrogens is 2. The number of anilines is 1. The van der Waals surface area contributed by atoms with Crippen molar-refractivity contribution in [2.75, 3.05) is 11.6 Å². The zero-order valence-corrected chi connectivity index (χ0v) is 12.1. The third-order valence-corrected chi connectivity index (χ3v) is 3.34. The minimum absolute atomic E-state index is 0.371. The highest BCUT2D eigenvalue weighted by Crippen LogP contribution is 2.21. The molecule has 0 fully saturated rings. The normalized spacial score (nSPS) is 10.9. The first-order valence-electron chi connectivity index (χ1n) is 6.07. The summed E-state index contributed by atoms with van der Waals surface area (Å²) in [6.45, 7) is 6.24. The summed E-state index contributed by atoms with van der Waals surface area (Å²) >= 11 is 1.75. The minimum atomic E-state index is 0.371. The maximum atomic E-state index is 4.52. The molecule has 0 radical (unpaired) electrons. The minimum Gasteiger partial charge on any atom is -0.353 e. The molecule has 1 N–H and O–H groups in total. The van der Waals surface area contributed by atoms with E-state index in [0.717, 1.165) is 17.3 Å². The summed E-state index contributed by atoms with van der Waals surface area (Å²) in [4.78, 5) is 5.79. The first kappa shape index (κ1) is 13.0. The van der Waals surface area contributed by atoms with E-state index in [0.29, 0.717) is 6.04 Å². The summed E-state index contributed by atoms with van der Waals surface area (Å²) in [5.74, 6) is 0.902. The lowest BCUT2D eigenvalue weighted by Gasteiger charge is -2.12. The Balaban J connectivity index is 2.36. The van der Waals surface area contributed by atoms with E-state index >= 15 is 0 Å². The van der Waals surface area contributed by atoms with Crippen molar-refractivity contribution in [2.45, 2.75) is 31.7 Å². The van der Waals surface area contributed by atoms with Crippen LogP contribution in [0.2, 0.25) is 0 Å². The second-order valence-electron chi connectivity index (χ2n) is 4.57. The number of hydrogen-bond acceptors (Lipinski definition) is 3. The number of nitrogens with zero attached hydrogens (tertiary/aromatic N) is 2. The van der Waals surface area contributed by atoms with E-state index in [-0.39, 0.29) is 0 Å². The fourth-order valence-electron chi connectivity index (χ4n) is 1.80. The van der Waals surface area contributed by atoms with Gasteiger partial charge >= 0.3 is 0 Å². The van der Waals surface area contributed by atoms with Crippen molar-refractivity contribution in [1.29, 1.82) is 0 Å². The van der Waals surface area contributed by atoms with Gasteiger partial charge in [0.25, 0.3) is 0 Å². The predicted octanol–water partition coefficient (Wildman–Crippen LogP) is 3.72. The average Bonchev–Trinajstić information content (AvgIpc) is 2.69. The van der Waals surface area contributed by atoms with Gasteiger partial charge in [0.15, 0.2) is 0 Å². The Bertz CT molecular complexity index is 514. The molecule has 4 heteroatoms. The molecule has 0 bridgehead atoms. The molecule has 96 valence electrons. The zero-order valence-electron chi connectivity index (χ0n) is 11.3. The average molecular weight is 261 g/mol. The fraction of sp³-hybridized carbons (Fsp3) is 0.357. The van der Waals surface area contributed by atoms with Gasteiger partial charge in [-0.15, -0.1) is 11.8 Å². The van der Waals surface area contributed by atoms with Gasteiger partial charge in [-0.1, -0.05) is 0 Å². The van der Waals surface area contributed by atoms with Gasteiger partial charge in [-0.3, -0.25) is 4.57 Å². The molecule has 0 aliphatic rings. The first-order chi connectivity index (χ1) is 8.60. The van der Waals surface area contributed by atoms with Gasteiger partial charge in [-0.2, -0.15) is 0 Å². The van der Waals surface area contributed by atoms with Crippen LogP contribution in [0.5, 0.6) is 0 Å². The van der Waals surface area contributed by atoms with Gasteiger partial charge in [0.05, 0.1) is 5.69 Å². The highest BCUT2D eigenvalue weighted by molar-refractivity contribution is 7.98. The van der Waals surface area contributed by atoms with Gasteiger partial charge < -0.3 is 5.32 Å². The number of rotatable bonds is 4. The lowest BCUT2D eigenvalue weighted by molar-refractivity contribution is 0.863. The second-order valence-corrected chi connectivity index (χ2v) is 5.45. The molecule has 0 saturated heterocycles. The smallest absolute Gasteiger partial charge is 0.207 e. The molecule has 0 aliphatic carbocycles. The van der Waals surface area contributed by atoms with E-state index in [1.54, 1.807) is 11.8 Å². The zero-order chi connectivity index (χ0) is 13.1. The summed E-state index contributed by atoms with van der Waals surface area (Å²) in [5, 5.41) is 3.37. The molecule has 0 unspecified atom stereocenters. The molecule has 1 aromatic heterocycles. The highest BCUT2D eigenvalue weighted by Gasteiger charge is 2.08. The molecule has 2 aromatic rings. The van der Waals surface area contributed by atoms with Crippen LogP contribution in [0.1, 0.15) is 19.5 Å². The maximum Gasteiger partial charge on any atom is 0.207 e. The molecular formula is C14H19N3S. The Hall–Kier alpha value is -1.42. The van der Waals surface area contributed by atoms with Gasteiger partial charge in [0.2, 0.25) is 5.95 Å². The number of benzene rings is 1. The quantitative estimate of drug-likeness (QED) is 0.851. The molecule has 0 aliphatic heterocycles. The Morgan fingerprint density at radius 1 is 1.22 bits per heavy atom. The molecule has 2 rings (SSSR count). The van der Waals surface area contributed by atoms with E-state index in [2.05, 4.69) is 65.4 Å². The van der Waals surface area contributed by atoms with Crippen molar-refractivity contribution >= 4 is 17.7 Å². The van der Waals surface area contributed by atoms with Crippen LogP contribution in [0.3, 0.4) is 0 Å². The summed E-state index contributed by atoms with van der Waals surface area (Å²) in [6, 6.07) is 8.89. The summed E-state index contributed by atoms with van der Waals surface area (Å²) in [5.41, 5.74) is 2.16. The molecule has 1 heterocycles. The number of imidazole rings is 1. The fourth-order valence-corrected chi connectivity index (χ4v) is 2.21. The van der Waals surface area contributed by atoms with Crippen molar-refractivity contribution in [2.24, 2.45) is 0 Å². The summed E-state index contributed by atoms with van der Waals surface area (Å²) in [7, 11) is 0. The summed E-state index contributed by atoms with van der Waals surface area (Å²) in [6.07, 6.45) is 4.14. The first-order valence-corrected chi connectivity index (χ1v) is 7.29. The van der Waals surface area contributed by atoms with E-state index < -0.39 is 0 Å². The van der Waals surface area contributed by atoms with Crippen LogP contribution in [0.25, 0.3) is 5.69 Å². The third kappa shape index (κ3) is 2.88. The SMILES string of the molecule is CSc1ccc(-n2cc(C)nc2NC(C)C)cc1. The van der Waals surface area contributed by atoms with E-state index in [4.69, 9.17) is 0 Å². The van der Waals surface area contributed by atoms with Crippen LogP contribution in [0, 0.1) is 6.92 Å². The maximum absolute atomic E-state index is 4.52. The van der Waals surface area contributed by atoms with Crippen LogP contribution >= 0.6 is 11.8 Å². The Labute approximate surface area is 113 Å². The van der Waals surface area contributed by atoms with Gasteiger partial charge in [-0.05, 0) is 51.3 Å². The monoisotopic (exact) mass is 261 g/mol. The van der Waals surface area contributed by atoms with E-state index in [1.807, 2.05) is 6.92 Å². The highest BCUT2D eigenvalue weighted by atomic mass is 32.2. The van der Waals surface area contributed by atoms with Gasteiger partial charge in [0.1, 0.15) is 0 Å². The summed E-state index contributed by atoms with van der Waals surface area (Å²) < 4.78 is 2.10. The predicted molar refractivity (Wildman–Crippen MR) is 78.8 cm³/mol. The van der Waals surface area contributed by atoms with Crippen molar-refractivity contribution in [3.63, 3.8) is 0 Å². The Morgan fingerprint density at radius 2 is 1.89 bits per heavy atom. The standard InChI is InChI=1S/C14H19N3S/c1-10(2)15-14-16-11(3)9-17(14)12-5-7-13(18-4)8-6-12/h5-10H,1-4H3,(H,15,16). The second kappa shape index (κ2) is 5.48. The van der Waals surface area contributed by atoms with E-state index in [9.17, 15) is 0 Å². The molecule has 18 heavy (non-hydrogen) atoms. The van der Waals surface area contributed by atoms with Crippen LogP contribution in [-0.4, -0.2) is 21.8 Å². The largest absolute Gasteiger partial charge is 0.353 e. The topological polar surface area (TPSA) is 29.9 Å². The van der Waals surface area contributed by atoms with Gasteiger partial charge in [0, 0.05) is 22.8 Å². The van der Waals surface area contributed by atoms with E-state index in [1.165, 1.54) is 4.90 Å². The lowest BCUT2D eigenvalue weighted by atomic mass is 10.3. The number of aryl methyl sites for hydroxylation is 1. The number of nitrogens with one attached hydrogen (secondary N) is 1. The molecule has 1 aromatic carbocycles. The van der Waals surface area contributed by atoms with Crippen molar-refractivity contribution in [3.8, 4) is 5.69 Å². The third-order valence-electron chi connectivity index (χ3n) is 2.59. The molecule has 0 amide bonds. The molecular weight excluding hydrogens is 242 g/mol.